The van der Waals surface area contributed by atoms with Crippen molar-refractivity contribution in [3.8, 4) is 0 Å². The number of hydrogen-bond donors (Lipinski definition) is 0. The third kappa shape index (κ3) is 64.1. The van der Waals surface area contributed by atoms with Crippen LogP contribution in [0.4, 0.5) is 0 Å². The van der Waals surface area contributed by atoms with Gasteiger partial charge in [-0.1, -0.05) is 286 Å². The van der Waals surface area contributed by atoms with E-state index in [0.717, 1.165) is 77.0 Å². The highest BCUT2D eigenvalue weighted by Gasteiger charge is 2.22. The molecule has 0 heterocycles. The highest BCUT2D eigenvalue weighted by Crippen LogP contribution is 2.18. The zero-order chi connectivity index (χ0) is 59.1. The standard InChI is InChI=1S/C72H129NO8/c1-6-8-10-12-14-16-18-20-22-24-25-26-27-28-29-30-31-32-33-34-35-36-37-38-39-40-41-42-43-44-45-47-49-51-53-55-57-59-61-63-70(75)81-68(67-80-72(71(76)77)78-65-64-73(3,4)5)66-79-69(74)62-60-58-56-54-52-50-48-46-23-21-19-17-15-13-11-9-7-2/h9,11,15,17-18,20-21,23-25,27-28,68,72H,6-8,10,12-14,16,19,22,26,29-67H2,1-5H3/b11-9-,17-15-,20-18-,23-21-,25-24-,28-27-. The fraction of sp³-hybridized carbons (Fsp3) is 0.792. The number of likely N-dealkylation sites (N-methyl/N-ethyl adjacent to an activating group) is 1. The normalized spacial score (nSPS) is 13.1. The molecule has 9 nitrogen and oxygen atoms in total. The Hall–Kier alpha value is -3.27. The first-order chi connectivity index (χ1) is 39.6. The van der Waals surface area contributed by atoms with Crippen LogP contribution in [0, 0.1) is 0 Å². The van der Waals surface area contributed by atoms with Crippen LogP contribution in [0.15, 0.2) is 72.9 Å². The number of allylic oxidation sites excluding steroid dienone is 12. The summed E-state index contributed by atoms with van der Waals surface area (Å²) in [6.07, 6.45) is 80.0. The Morgan fingerprint density at radius 1 is 0.383 bits per heavy atom. The maximum atomic E-state index is 12.9. The molecule has 0 aliphatic rings. The number of esters is 2. The van der Waals surface area contributed by atoms with Crippen LogP contribution in [-0.2, 0) is 33.3 Å². The summed E-state index contributed by atoms with van der Waals surface area (Å²) in [4.78, 5) is 37.4. The van der Waals surface area contributed by atoms with E-state index in [1.54, 1.807) is 0 Å². The van der Waals surface area contributed by atoms with E-state index >= 15 is 0 Å². The van der Waals surface area contributed by atoms with E-state index in [9.17, 15) is 19.5 Å². The van der Waals surface area contributed by atoms with Crippen LogP contribution < -0.4 is 5.11 Å². The third-order valence-electron chi connectivity index (χ3n) is 14.9. The number of aliphatic carboxylic acids is 1. The van der Waals surface area contributed by atoms with Gasteiger partial charge in [-0.3, -0.25) is 9.59 Å². The summed E-state index contributed by atoms with van der Waals surface area (Å²) in [6, 6.07) is 0. The van der Waals surface area contributed by atoms with Crippen LogP contribution >= 0.6 is 0 Å². The summed E-state index contributed by atoms with van der Waals surface area (Å²) in [5.74, 6) is -2.28. The lowest BCUT2D eigenvalue weighted by Crippen LogP contribution is -2.44. The maximum Gasteiger partial charge on any atom is 0.306 e. The Morgan fingerprint density at radius 3 is 1.05 bits per heavy atom. The molecule has 470 valence electrons. The largest absolute Gasteiger partial charge is 0.545 e. The Bertz CT molecular complexity index is 1560. The minimum Gasteiger partial charge on any atom is -0.545 e. The highest BCUT2D eigenvalue weighted by molar-refractivity contribution is 5.70. The molecule has 0 aliphatic carbocycles. The summed E-state index contributed by atoms with van der Waals surface area (Å²) < 4.78 is 22.7. The van der Waals surface area contributed by atoms with Crippen molar-refractivity contribution < 1.29 is 42.9 Å². The molecule has 0 amide bonds. The van der Waals surface area contributed by atoms with Crippen molar-refractivity contribution in [1.29, 1.82) is 0 Å². The number of rotatable bonds is 63. The van der Waals surface area contributed by atoms with Gasteiger partial charge in [0.25, 0.3) is 0 Å². The zero-order valence-electron chi connectivity index (χ0n) is 53.7. The van der Waals surface area contributed by atoms with E-state index in [-0.39, 0.29) is 38.6 Å². The Morgan fingerprint density at radius 2 is 0.704 bits per heavy atom. The summed E-state index contributed by atoms with van der Waals surface area (Å²) in [5, 5.41) is 11.8. The van der Waals surface area contributed by atoms with Gasteiger partial charge in [-0.2, -0.15) is 0 Å². The summed E-state index contributed by atoms with van der Waals surface area (Å²) in [7, 11) is 5.93. The molecular formula is C72H129NO8. The topological polar surface area (TPSA) is 111 Å². The Labute approximate surface area is 500 Å². The molecular weight excluding hydrogens is 1010 g/mol. The van der Waals surface area contributed by atoms with Gasteiger partial charge in [0, 0.05) is 12.8 Å². The lowest BCUT2D eigenvalue weighted by Gasteiger charge is -2.26. The van der Waals surface area contributed by atoms with Crippen molar-refractivity contribution in [3.63, 3.8) is 0 Å². The number of hydrogen-bond acceptors (Lipinski definition) is 8. The Balaban J connectivity index is 3.98. The second-order valence-corrected chi connectivity index (χ2v) is 24.1. The average molecular weight is 1140 g/mol. The minimum atomic E-state index is -1.62. The molecule has 0 aromatic heterocycles. The molecule has 0 aromatic rings. The lowest BCUT2D eigenvalue weighted by molar-refractivity contribution is -0.870. The van der Waals surface area contributed by atoms with Gasteiger partial charge >= 0.3 is 11.9 Å². The number of carboxylic acid groups (broad SMARTS) is 1. The molecule has 81 heavy (non-hydrogen) atoms. The first kappa shape index (κ1) is 77.7. The van der Waals surface area contributed by atoms with Crippen molar-refractivity contribution in [2.75, 3.05) is 47.5 Å². The predicted molar refractivity (Wildman–Crippen MR) is 343 cm³/mol. The monoisotopic (exact) mass is 1140 g/mol. The molecule has 0 rings (SSSR count). The molecule has 0 N–H and O–H groups in total. The molecule has 0 fully saturated rings. The van der Waals surface area contributed by atoms with Gasteiger partial charge in [0.2, 0.25) is 0 Å². The average Bonchev–Trinajstić information content (AvgIpc) is 3.44. The first-order valence-electron chi connectivity index (χ1n) is 34.1. The summed E-state index contributed by atoms with van der Waals surface area (Å²) in [5.41, 5.74) is 0. The highest BCUT2D eigenvalue weighted by atomic mass is 16.7. The molecule has 9 heteroatoms. The SMILES string of the molecule is CC/C=C\C/C=C\C/C=C\CCCCCCCCCC(=O)OCC(COC(OCC[N+](C)(C)C)C(=O)[O-])OC(=O)CCCCCCCCCCCCCCCCCCCCCCCCCC/C=C\C/C=C\C/C=C\CCCCCCC. The maximum absolute atomic E-state index is 12.9. The summed E-state index contributed by atoms with van der Waals surface area (Å²) >= 11 is 0. The number of carbonyl (C=O) groups excluding carboxylic acids is 3. The number of carboxylic acids is 1. The molecule has 2 unspecified atom stereocenters. The van der Waals surface area contributed by atoms with Gasteiger partial charge < -0.3 is 33.3 Å². The van der Waals surface area contributed by atoms with Gasteiger partial charge in [-0.05, 0) is 83.5 Å². The van der Waals surface area contributed by atoms with Crippen LogP contribution in [0.1, 0.15) is 309 Å². The molecule has 2 atom stereocenters. The first-order valence-corrected chi connectivity index (χ1v) is 34.1. The number of nitrogens with zero attached hydrogens (tertiary/aromatic N) is 1. The molecule has 0 spiro atoms. The van der Waals surface area contributed by atoms with Crippen LogP contribution in [0.5, 0.6) is 0 Å². The fourth-order valence-corrected chi connectivity index (χ4v) is 9.74. The quantitative estimate of drug-likeness (QED) is 0.0195. The van der Waals surface area contributed by atoms with E-state index < -0.39 is 24.3 Å². The zero-order valence-corrected chi connectivity index (χ0v) is 53.7. The van der Waals surface area contributed by atoms with Gasteiger partial charge in [-0.15, -0.1) is 0 Å². The molecule has 0 aromatic carbocycles. The van der Waals surface area contributed by atoms with Crippen LogP contribution in [0.2, 0.25) is 0 Å². The Kier molecular flexibility index (Phi) is 60.2. The van der Waals surface area contributed by atoms with Crippen molar-refractivity contribution in [2.45, 2.75) is 322 Å². The fourth-order valence-electron chi connectivity index (χ4n) is 9.74. The molecule has 0 saturated carbocycles. The second kappa shape index (κ2) is 62.8. The molecule has 0 radical (unpaired) electrons. The molecule has 0 aliphatic heterocycles. The van der Waals surface area contributed by atoms with Gasteiger partial charge in [0.05, 0.1) is 40.3 Å². The molecule has 0 bridgehead atoms. The smallest absolute Gasteiger partial charge is 0.306 e. The van der Waals surface area contributed by atoms with Crippen molar-refractivity contribution >= 4 is 17.9 Å². The van der Waals surface area contributed by atoms with Gasteiger partial charge in [0.1, 0.15) is 13.2 Å². The third-order valence-corrected chi connectivity index (χ3v) is 14.9. The van der Waals surface area contributed by atoms with E-state index in [2.05, 4.69) is 86.8 Å². The van der Waals surface area contributed by atoms with Gasteiger partial charge in [-0.25, -0.2) is 0 Å². The number of unbranched alkanes of at least 4 members (excludes halogenated alkanes) is 36. The van der Waals surface area contributed by atoms with Crippen molar-refractivity contribution in [1.82, 2.24) is 0 Å². The van der Waals surface area contributed by atoms with Crippen molar-refractivity contribution in [3.05, 3.63) is 72.9 Å². The number of ether oxygens (including phenoxy) is 4. The van der Waals surface area contributed by atoms with Crippen molar-refractivity contribution in [2.24, 2.45) is 0 Å². The van der Waals surface area contributed by atoms with Gasteiger partial charge in [0.15, 0.2) is 12.4 Å². The van der Waals surface area contributed by atoms with Crippen LogP contribution in [0.25, 0.3) is 0 Å². The van der Waals surface area contributed by atoms with E-state index in [4.69, 9.17) is 18.9 Å². The van der Waals surface area contributed by atoms with E-state index in [0.29, 0.717) is 17.4 Å². The van der Waals surface area contributed by atoms with E-state index in [1.165, 1.54) is 199 Å². The predicted octanol–water partition coefficient (Wildman–Crippen LogP) is 19.6. The minimum absolute atomic E-state index is 0.145. The van der Waals surface area contributed by atoms with Crippen LogP contribution in [0.3, 0.4) is 0 Å². The van der Waals surface area contributed by atoms with E-state index in [1.807, 2.05) is 21.1 Å². The second-order valence-electron chi connectivity index (χ2n) is 24.1. The lowest BCUT2D eigenvalue weighted by atomic mass is 10.0. The number of quaternary nitrogens is 1. The summed E-state index contributed by atoms with van der Waals surface area (Å²) in [6.45, 7) is 4.64. The van der Waals surface area contributed by atoms with Crippen LogP contribution in [-0.4, -0.2) is 82.3 Å². The molecule has 0 saturated heterocycles. The number of carbonyl (C=O) groups is 3.